The molecule has 0 aliphatic heterocycles. The third-order valence-electron chi connectivity index (χ3n) is 3.79. The SMILES string of the molecule is CCOC(=O)C(C)(C)N(c1cc(C)c(Br)c(C)c1)S(=O)(=O)NC(=O)OC(C)(C)C. The van der Waals surface area contributed by atoms with Crippen molar-refractivity contribution in [3.05, 3.63) is 27.7 Å². The molecule has 0 radical (unpaired) electrons. The van der Waals surface area contributed by atoms with Crippen molar-refractivity contribution < 1.29 is 27.5 Å². The Hall–Kier alpha value is -1.81. The average molecular weight is 493 g/mol. The first kappa shape index (κ1) is 25.2. The summed E-state index contributed by atoms with van der Waals surface area (Å²) < 4.78 is 40.1. The van der Waals surface area contributed by atoms with Gasteiger partial charge in [0, 0.05) is 4.47 Å². The topological polar surface area (TPSA) is 102 Å². The number of carbonyl (C=O) groups is 2. The summed E-state index contributed by atoms with van der Waals surface area (Å²) >= 11 is 3.44. The number of nitrogens with one attached hydrogen (secondary N) is 1. The van der Waals surface area contributed by atoms with E-state index in [-0.39, 0.29) is 12.3 Å². The number of amides is 1. The molecule has 1 N–H and O–H groups in total. The molecule has 1 aromatic rings. The van der Waals surface area contributed by atoms with Gasteiger partial charge in [0.15, 0.2) is 0 Å². The highest BCUT2D eigenvalue weighted by atomic mass is 79.9. The molecule has 1 aromatic carbocycles. The van der Waals surface area contributed by atoms with Gasteiger partial charge in [-0.2, -0.15) is 8.42 Å². The van der Waals surface area contributed by atoms with E-state index < -0.39 is 33.4 Å². The molecule has 0 atom stereocenters. The Labute approximate surface area is 181 Å². The van der Waals surface area contributed by atoms with E-state index in [1.165, 1.54) is 13.8 Å². The number of hydrogen-bond acceptors (Lipinski definition) is 6. The van der Waals surface area contributed by atoms with Gasteiger partial charge in [0.05, 0.1) is 12.3 Å². The predicted molar refractivity (Wildman–Crippen MR) is 115 cm³/mol. The number of nitrogens with zero attached hydrogens (tertiary/aromatic N) is 1. The first-order valence-electron chi connectivity index (χ1n) is 9.03. The first-order chi connectivity index (χ1) is 13.0. The number of anilines is 1. The van der Waals surface area contributed by atoms with Gasteiger partial charge in [0.1, 0.15) is 11.1 Å². The van der Waals surface area contributed by atoms with Crippen LogP contribution in [-0.4, -0.2) is 38.2 Å². The van der Waals surface area contributed by atoms with Crippen LogP contribution in [0.2, 0.25) is 0 Å². The van der Waals surface area contributed by atoms with Crippen LogP contribution in [0.3, 0.4) is 0 Å². The number of halogens is 1. The molecule has 0 fully saturated rings. The second kappa shape index (κ2) is 8.91. The van der Waals surface area contributed by atoms with E-state index in [1.807, 2.05) is 4.72 Å². The van der Waals surface area contributed by atoms with Gasteiger partial charge in [-0.1, -0.05) is 15.9 Å². The zero-order valence-electron chi connectivity index (χ0n) is 18.0. The van der Waals surface area contributed by atoms with E-state index in [4.69, 9.17) is 9.47 Å². The largest absolute Gasteiger partial charge is 0.464 e. The van der Waals surface area contributed by atoms with Gasteiger partial charge in [0.25, 0.3) is 0 Å². The fourth-order valence-electron chi connectivity index (χ4n) is 2.64. The first-order valence-corrected chi connectivity index (χ1v) is 11.3. The molecule has 0 bridgehead atoms. The maximum Gasteiger partial charge on any atom is 0.422 e. The summed E-state index contributed by atoms with van der Waals surface area (Å²) in [4.78, 5) is 24.8. The fraction of sp³-hybridized carbons (Fsp3) is 0.579. The molecule has 29 heavy (non-hydrogen) atoms. The van der Waals surface area contributed by atoms with Crippen LogP contribution in [0.4, 0.5) is 10.5 Å². The zero-order chi connectivity index (χ0) is 22.8. The lowest BCUT2D eigenvalue weighted by molar-refractivity contribution is -0.147. The van der Waals surface area contributed by atoms with Crippen molar-refractivity contribution in [2.75, 3.05) is 10.9 Å². The Bertz CT molecular complexity index is 867. The van der Waals surface area contributed by atoms with Crippen LogP contribution in [0.1, 0.15) is 52.7 Å². The summed E-state index contributed by atoms with van der Waals surface area (Å²) in [6.07, 6.45) is -1.15. The third kappa shape index (κ3) is 6.33. The van der Waals surface area contributed by atoms with Crippen molar-refractivity contribution in [3.63, 3.8) is 0 Å². The van der Waals surface area contributed by atoms with E-state index in [9.17, 15) is 18.0 Å². The maximum atomic E-state index is 13.2. The van der Waals surface area contributed by atoms with Crippen molar-refractivity contribution in [2.24, 2.45) is 0 Å². The Balaban J connectivity index is 3.56. The highest BCUT2D eigenvalue weighted by Crippen LogP contribution is 2.33. The molecule has 0 aliphatic carbocycles. The minimum absolute atomic E-state index is 0.0774. The van der Waals surface area contributed by atoms with Crippen LogP contribution >= 0.6 is 15.9 Å². The number of benzene rings is 1. The van der Waals surface area contributed by atoms with Crippen LogP contribution in [0.25, 0.3) is 0 Å². The van der Waals surface area contributed by atoms with Crippen molar-refractivity contribution in [3.8, 4) is 0 Å². The molecule has 8 nitrogen and oxygen atoms in total. The summed E-state index contributed by atoms with van der Waals surface area (Å²) in [5, 5.41) is 0. The third-order valence-corrected chi connectivity index (χ3v) is 6.61. The molecule has 10 heteroatoms. The second-order valence-corrected chi connectivity index (χ2v) is 10.4. The van der Waals surface area contributed by atoms with Crippen LogP contribution in [0.15, 0.2) is 16.6 Å². The van der Waals surface area contributed by atoms with E-state index in [0.717, 1.165) is 19.9 Å². The van der Waals surface area contributed by atoms with E-state index in [1.54, 1.807) is 53.7 Å². The highest BCUT2D eigenvalue weighted by Gasteiger charge is 2.45. The average Bonchev–Trinajstić information content (AvgIpc) is 2.49. The van der Waals surface area contributed by atoms with Crippen molar-refractivity contribution in [1.82, 2.24) is 4.72 Å². The van der Waals surface area contributed by atoms with Gasteiger partial charge >= 0.3 is 22.3 Å². The molecule has 0 spiro atoms. The molecule has 0 heterocycles. The number of aryl methyl sites for hydroxylation is 2. The molecule has 1 amide bonds. The molecule has 0 saturated carbocycles. The molecule has 0 aliphatic rings. The summed E-state index contributed by atoms with van der Waals surface area (Å²) in [7, 11) is -4.52. The number of ether oxygens (including phenoxy) is 2. The lowest BCUT2D eigenvalue weighted by Crippen LogP contribution is -2.58. The molecule has 164 valence electrons. The minimum Gasteiger partial charge on any atom is -0.464 e. The van der Waals surface area contributed by atoms with Crippen molar-refractivity contribution in [1.29, 1.82) is 0 Å². The lowest BCUT2D eigenvalue weighted by atomic mass is 10.0. The summed E-state index contributed by atoms with van der Waals surface area (Å²) in [5.41, 5.74) is -0.811. The Morgan fingerprint density at radius 1 is 1.10 bits per heavy atom. The predicted octanol–water partition coefficient (Wildman–Crippen LogP) is 3.98. The van der Waals surface area contributed by atoms with E-state index in [0.29, 0.717) is 0 Å². The van der Waals surface area contributed by atoms with Crippen LogP contribution in [-0.2, 0) is 24.5 Å². The normalized spacial score (nSPS) is 12.3. The van der Waals surface area contributed by atoms with Gasteiger partial charge in [-0.05, 0) is 78.6 Å². The standard InChI is InChI=1S/C19H29BrN2O6S/c1-9-27-16(23)19(7,8)22(14-10-12(2)15(20)13(3)11-14)29(25,26)21-17(24)28-18(4,5)6/h10-11H,9H2,1-8H3,(H,21,24). The smallest absolute Gasteiger partial charge is 0.422 e. The van der Waals surface area contributed by atoms with E-state index in [2.05, 4.69) is 15.9 Å². The number of hydrogen-bond donors (Lipinski definition) is 1. The number of rotatable bonds is 6. The highest BCUT2D eigenvalue weighted by molar-refractivity contribution is 9.10. The fourth-order valence-corrected chi connectivity index (χ4v) is 4.27. The van der Waals surface area contributed by atoms with Gasteiger partial charge in [-0.3, -0.25) is 0 Å². The van der Waals surface area contributed by atoms with Gasteiger partial charge < -0.3 is 9.47 Å². The quantitative estimate of drug-likeness (QED) is 0.602. The Morgan fingerprint density at radius 2 is 1.59 bits per heavy atom. The Kier molecular flexibility index (Phi) is 7.75. The Morgan fingerprint density at radius 3 is 2.00 bits per heavy atom. The van der Waals surface area contributed by atoms with E-state index >= 15 is 0 Å². The van der Waals surface area contributed by atoms with Crippen LogP contribution < -0.4 is 9.03 Å². The molecule has 0 unspecified atom stereocenters. The monoisotopic (exact) mass is 492 g/mol. The number of esters is 1. The molecule has 1 rings (SSSR count). The lowest BCUT2D eigenvalue weighted by Gasteiger charge is -2.37. The summed E-state index contributed by atoms with van der Waals surface area (Å²) in [5.74, 6) is -0.757. The molecular weight excluding hydrogens is 464 g/mol. The molecule has 0 saturated heterocycles. The summed E-state index contributed by atoms with van der Waals surface area (Å²) in [6.45, 7) is 12.9. The van der Waals surface area contributed by atoms with Crippen molar-refractivity contribution >= 4 is 43.9 Å². The second-order valence-electron chi connectivity index (χ2n) is 8.05. The van der Waals surface area contributed by atoms with Crippen molar-refractivity contribution in [2.45, 2.75) is 66.5 Å². The van der Waals surface area contributed by atoms with Gasteiger partial charge in [0.2, 0.25) is 0 Å². The van der Waals surface area contributed by atoms with Crippen LogP contribution in [0, 0.1) is 13.8 Å². The van der Waals surface area contributed by atoms with Gasteiger partial charge in [-0.15, -0.1) is 0 Å². The zero-order valence-corrected chi connectivity index (χ0v) is 20.4. The minimum atomic E-state index is -4.52. The molecular formula is C19H29BrN2O6S. The van der Waals surface area contributed by atoms with Gasteiger partial charge in [-0.25, -0.2) is 18.6 Å². The maximum absolute atomic E-state index is 13.2. The number of carbonyl (C=O) groups excluding carboxylic acids is 2. The van der Waals surface area contributed by atoms with Crippen LogP contribution in [0.5, 0.6) is 0 Å². The summed E-state index contributed by atoms with van der Waals surface area (Å²) in [6, 6.07) is 3.21. The molecule has 0 aromatic heterocycles.